The molecule has 1 atom stereocenters. The monoisotopic (exact) mass is 302 g/mol. The van der Waals surface area contributed by atoms with Gasteiger partial charge in [-0.15, -0.1) is 12.4 Å². The van der Waals surface area contributed by atoms with E-state index in [1.54, 1.807) is 0 Å². The van der Waals surface area contributed by atoms with Gasteiger partial charge >= 0.3 is 0 Å². The third kappa shape index (κ3) is 4.07. The highest BCUT2D eigenvalue weighted by atomic mass is 35.5. The first kappa shape index (κ1) is 16.0. The second kappa shape index (κ2) is 7.60. The molecular weight excluding hydrogens is 280 g/mol. The van der Waals surface area contributed by atoms with Gasteiger partial charge in [0.25, 0.3) is 0 Å². The number of nitrogens with one attached hydrogen (secondary N) is 1. The van der Waals surface area contributed by atoms with Gasteiger partial charge in [0.15, 0.2) is 0 Å². The Labute approximate surface area is 133 Å². The van der Waals surface area contributed by atoms with E-state index in [0.717, 1.165) is 19.6 Å². The minimum atomic E-state index is 0. The highest BCUT2D eigenvalue weighted by molar-refractivity contribution is 5.85. The summed E-state index contributed by atoms with van der Waals surface area (Å²) in [6.45, 7) is 3.31. The first-order valence-electron chi connectivity index (χ1n) is 7.38. The maximum atomic E-state index is 3.43. The Hall–Kier alpha value is -1.35. The molecule has 1 N–H and O–H groups in total. The van der Waals surface area contributed by atoms with Gasteiger partial charge in [0.05, 0.1) is 0 Å². The van der Waals surface area contributed by atoms with Crippen LogP contribution in [0.25, 0.3) is 11.1 Å². The molecular formula is C18H23ClN2. The van der Waals surface area contributed by atoms with Crippen LogP contribution in [0.3, 0.4) is 0 Å². The summed E-state index contributed by atoms with van der Waals surface area (Å²) in [6, 6.07) is 20.2. The predicted octanol–water partition coefficient (Wildman–Crippen LogP) is 3.57. The van der Waals surface area contributed by atoms with Crippen molar-refractivity contribution in [1.82, 2.24) is 10.2 Å². The lowest BCUT2D eigenvalue weighted by Gasteiger charge is -2.23. The van der Waals surface area contributed by atoms with Crippen LogP contribution in [-0.2, 0) is 6.54 Å². The van der Waals surface area contributed by atoms with Crippen molar-refractivity contribution in [2.24, 2.45) is 0 Å². The molecule has 0 radical (unpaired) electrons. The number of rotatable bonds is 4. The second-order valence-electron chi connectivity index (χ2n) is 5.62. The van der Waals surface area contributed by atoms with Gasteiger partial charge < -0.3 is 5.32 Å². The van der Waals surface area contributed by atoms with Crippen molar-refractivity contribution in [3.63, 3.8) is 0 Å². The number of halogens is 1. The molecule has 2 nitrogen and oxygen atoms in total. The van der Waals surface area contributed by atoms with E-state index in [0.29, 0.717) is 6.04 Å². The van der Waals surface area contributed by atoms with Gasteiger partial charge in [-0.05, 0) is 36.7 Å². The van der Waals surface area contributed by atoms with Crippen LogP contribution in [0, 0.1) is 0 Å². The third-order valence-corrected chi connectivity index (χ3v) is 4.15. The van der Waals surface area contributed by atoms with Crippen LogP contribution in [0.1, 0.15) is 12.0 Å². The number of likely N-dealkylation sites (N-methyl/N-ethyl adjacent to an activating group) is 1. The van der Waals surface area contributed by atoms with Crippen LogP contribution in [-0.4, -0.2) is 31.1 Å². The average Bonchev–Trinajstić information content (AvgIpc) is 3.03. The maximum absolute atomic E-state index is 3.43. The van der Waals surface area contributed by atoms with Crippen LogP contribution in [0.5, 0.6) is 0 Å². The molecule has 0 aliphatic carbocycles. The molecule has 0 bridgehead atoms. The Morgan fingerprint density at radius 1 is 1.00 bits per heavy atom. The molecule has 1 fully saturated rings. The quantitative estimate of drug-likeness (QED) is 0.929. The highest BCUT2D eigenvalue weighted by Gasteiger charge is 2.18. The Bertz CT molecular complexity index is 533. The Morgan fingerprint density at radius 2 is 1.67 bits per heavy atom. The molecule has 21 heavy (non-hydrogen) atoms. The van der Waals surface area contributed by atoms with Crippen LogP contribution in [0.15, 0.2) is 54.6 Å². The van der Waals surface area contributed by atoms with Crippen molar-refractivity contribution >= 4 is 12.4 Å². The number of hydrogen-bond acceptors (Lipinski definition) is 2. The zero-order chi connectivity index (χ0) is 13.8. The summed E-state index contributed by atoms with van der Waals surface area (Å²) in [6.07, 6.45) is 1.26. The van der Waals surface area contributed by atoms with E-state index in [1.807, 2.05) is 0 Å². The molecule has 3 rings (SSSR count). The molecule has 1 heterocycles. The summed E-state index contributed by atoms with van der Waals surface area (Å²) in [5.41, 5.74) is 3.96. The highest BCUT2D eigenvalue weighted by Crippen LogP contribution is 2.20. The minimum Gasteiger partial charge on any atom is -0.315 e. The lowest BCUT2D eigenvalue weighted by atomic mass is 10.0. The van der Waals surface area contributed by atoms with Gasteiger partial charge in [-0.2, -0.15) is 0 Å². The maximum Gasteiger partial charge on any atom is 0.0234 e. The molecule has 0 amide bonds. The molecule has 2 aromatic rings. The number of nitrogens with zero attached hydrogens (tertiary/aromatic N) is 1. The molecule has 0 spiro atoms. The van der Waals surface area contributed by atoms with Crippen LogP contribution in [0.4, 0.5) is 0 Å². The van der Waals surface area contributed by atoms with Crippen molar-refractivity contribution in [2.75, 3.05) is 20.1 Å². The Kier molecular flexibility index (Phi) is 5.80. The van der Waals surface area contributed by atoms with E-state index in [9.17, 15) is 0 Å². The van der Waals surface area contributed by atoms with E-state index < -0.39 is 0 Å². The SMILES string of the molecule is CN(Cc1ccc(-c2ccccc2)cc1)C1CCNC1.Cl. The number of benzene rings is 2. The van der Waals surface area contributed by atoms with Crippen molar-refractivity contribution < 1.29 is 0 Å². The normalized spacial score (nSPS) is 17.7. The third-order valence-electron chi connectivity index (χ3n) is 4.15. The lowest BCUT2D eigenvalue weighted by Crippen LogP contribution is -2.32. The molecule has 0 aromatic heterocycles. The fraction of sp³-hybridized carbons (Fsp3) is 0.333. The molecule has 0 saturated carbocycles. The standard InChI is InChI=1S/C18H22N2.ClH/c1-20(18-11-12-19-13-18)14-15-7-9-17(10-8-15)16-5-3-2-4-6-16;/h2-10,18-19H,11-14H2,1H3;1H. The van der Waals surface area contributed by atoms with Gasteiger partial charge in [0, 0.05) is 19.1 Å². The van der Waals surface area contributed by atoms with Crippen molar-refractivity contribution in [2.45, 2.75) is 19.0 Å². The fourth-order valence-corrected chi connectivity index (χ4v) is 2.87. The largest absolute Gasteiger partial charge is 0.315 e. The second-order valence-corrected chi connectivity index (χ2v) is 5.62. The van der Waals surface area contributed by atoms with Gasteiger partial charge in [0.1, 0.15) is 0 Å². The molecule has 112 valence electrons. The van der Waals surface area contributed by atoms with Crippen LogP contribution in [0.2, 0.25) is 0 Å². The minimum absolute atomic E-state index is 0. The molecule has 1 saturated heterocycles. The summed E-state index contributed by atoms with van der Waals surface area (Å²) in [5.74, 6) is 0. The molecule has 1 aliphatic heterocycles. The zero-order valence-electron chi connectivity index (χ0n) is 12.5. The van der Waals surface area contributed by atoms with Crippen LogP contribution >= 0.6 is 12.4 Å². The van der Waals surface area contributed by atoms with Gasteiger partial charge in [0.2, 0.25) is 0 Å². The molecule has 1 aliphatic rings. The van der Waals surface area contributed by atoms with E-state index in [2.05, 4.69) is 71.9 Å². The van der Waals surface area contributed by atoms with E-state index >= 15 is 0 Å². The fourth-order valence-electron chi connectivity index (χ4n) is 2.87. The summed E-state index contributed by atoms with van der Waals surface area (Å²) in [7, 11) is 2.22. The average molecular weight is 303 g/mol. The summed E-state index contributed by atoms with van der Waals surface area (Å²) in [5, 5.41) is 3.43. The zero-order valence-corrected chi connectivity index (χ0v) is 13.3. The smallest absolute Gasteiger partial charge is 0.0234 e. The Morgan fingerprint density at radius 3 is 2.29 bits per heavy atom. The van der Waals surface area contributed by atoms with Crippen molar-refractivity contribution in [1.29, 1.82) is 0 Å². The summed E-state index contributed by atoms with van der Waals surface area (Å²) in [4.78, 5) is 2.46. The Balaban J connectivity index is 0.00000161. The lowest BCUT2D eigenvalue weighted by molar-refractivity contribution is 0.249. The van der Waals surface area contributed by atoms with Crippen LogP contribution < -0.4 is 5.32 Å². The van der Waals surface area contributed by atoms with Crippen molar-refractivity contribution in [3.8, 4) is 11.1 Å². The van der Waals surface area contributed by atoms with E-state index in [1.165, 1.54) is 23.1 Å². The molecule has 3 heteroatoms. The van der Waals surface area contributed by atoms with Gasteiger partial charge in [-0.25, -0.2) is 0 Å². The predicted molar refractivity (Wildman–Crippen MR) is 91.9 cm³/mol. The topological polar surface area (TPSA) is 15.3 Å². The van der Waals surface area contributed by atoms with Crippen molar-refractivity contribution in [3.05, 3.63) is 60.2 Å². The van der Waals surface area contributed by atoms with Gasteiger partial charge in [-0.1, -0.05) is 54.6 Å². The van der Waals surface area contributed by atoms with E-state index in [-0.39, 0.29) is 12.4 Å². The van der Waals surface area contributed by atoms with E-state index in [4.69, 9.17) is 0 Å². The first-order chi connectivity index (χ1) is 9.83. The first-order valence-corrected chi connectivity index (χ1v) is 7.38. The summed E-state index contributed by atoms with van der Waals surface area (Å²) >= 11 is 0. The summed E-state index contributed by atoms with van der Waals surface area (Å²) < 4.78 is 0. The molecule has 2 aromatic carbocycles. The van der Waals surface area contributed by atoms with Gasteiger partial charge in [-0.3, -0.25) is 4.90 Å². The number of hydrogen-bond donors (Lipinski definition) is 1. The molecule has 1 unspecified atom stereocenters.